The second-order valence-electron chi connectivity index (χ2n) is 6.70. The number of rotatable bonds is 6. The van der Waals surface area contributed by atoms with Crippen molar-refractivity contribution in [2.24, 2.45) is 4.99 Å². The molecular formula is C22H19N3O4. The standard InChI is InChI=1S/C22H19N3O4/c1-29-22(28)19(12-14-13-24-18-9-5-4-6-15(14)18)23-10-11-25-20(26)16-7-2-3-8-17(16)21(25)27/h2-10,13,19,24H,11-12H2,1H3. The molecule has 1 aliphatic heterocycles. The van der Waals surface area contributed by atoms with Crippen LogP contribution >= 0.6 is 0 Å². The molecule has 1 aromatic heterocycles. The van der Waals surface area contributed by atoms with E-state index in [1.54, 1.807) is 24.3 Å². The maximum Gasteiger partial charge on any atom is 0.330 e. The summed E-state index contributed by atoms with van der Waals surface area (Å²) in [5.74, 6) is -1.19. The van der Waals surface area contributed by atoms with Gasteiger partial charge in [0, 0.05) is 29.7 Å². The first kappa shape index (κ1) is 18.6. The summed E-state index contributed by atoms with van der Waals surface area (Å²) in [7, 11) is 1.31. The minimum atomic E-state index is -0.769. The van der Waals surface area contributed by atoms with E-state index in [-0.39, 0.29) is 18.4 Å². The number of ether oxygens (including phenoxy) is 1. The van der Waals surface area contributed by atoms with Crippen molar-refractivity contribution in [3.05, 3.63) is 71.4 Å². The van der Waals surface area contributed by atoms with Crippen molar-refractivity contribution < 1.29 is 19.1 Å². The quantitative estimate of drug-likeness (QED) is 0.399. The number of aromatic amines is 1. The smallest absolute Gasteiger partial charge is 0.330 e. The molecule has 0 spiro atoms. The first-order chi connectivity index (χ1) is 14.1. The summed E-state index contributed by atoms with van der Waals surface area (Å²) >= 11 is 0. The zero-order chi connectivity index (χ0) is 20.4. The number of fused-ring (bicyclic) bond motifs is 2. The van der Waals surface area contributed by atoms with Gasteiger partial charge in [-0.25, -0.2) is 4.79 Å². The Bertz CT molecular complexity index is 1100. The fourth-order valence-corrected chi connectivity index (χ4v) is 3.50. The van der Waals surface area contributed by atoms with E-state index in [1.807, 2.05) is 30.5 Å². The van der Waals surface area contributed by atoms with E-state index in [1.165, 1.54) is 13.3 Å². The van der Waals surface area contributed by atoms with Gasteiger partial charge >= 0.3 is 5.97 Å². The van der Waals surface area contributed by atoms with Crippen molar-refractivity contribution in [2.75, 3.05) is 13.7 Å². The number of nitrogens with one attached hydrogen (secondary N) is 1. The minimum Gasteiger partial charge on any atom is -0.467 e. The Hall–Kier alpha value is -3.74. The Morgan fingerprint density at radius 1 is 1.10 bits per heavy atom. The van der Waals surface area contributed by atoms with Gasteiger partial charge in [0.2, 0.25) is 0 Å². The molecule has 2 aromatic carbocycles. The van der Waals surface area contributed by atoms with Crippen LogP contribution < -0.4 is 0 Å². The lowest BCUT2D eigenvalue weighted by atomic mass is 10.1. The van der Waals surface area contributed by atoms with Gasteiger partial charge in [-0.1, -0.05) is 30.3 Å². The molecule has 1 aliphatic rings. The largest absolute Gasteiger partial charge is 0.467 e. The van der Waals surface area contributed by atoms with E-state index in [2.05, 4.69) is 9.98 Å². The fraction of sp³-hybridized carbons (Fsp3) is 0.182. The maximum atomic E-state index is 12.4. The Morgan fingerprint density at radius 3 is 2.45 bits per heavy atom. The number of H-pyrrole nitrogens is 1. The van der Waals surface area contributed by atoms with Crippen LogP contribution in [0.15, 0.2) is 59.7 Å². The fourth-order valence-electron chi connectivity index (χ4n) is 3.50. The number of benzene rings is 2. The lowest BCUT2D eigenvalue weighted by molar-refractivity contribution is -0.142. The van der Waals surface area contributed by atoms with E-state index >= 15 is 0 Å². The molecule has 2 heterocycles. The number of carbonyl (C=O) groups is 3. The van der Waals surface area contributed by atoms with Gasteiger partial charge in [0.1, 0.15) is 0 Å². The summed E-state index contributed by atoms with van der Waals surface area (Å²) in [5.41, 5.74) is 2.68. The van der Waals surface area contributed by atoms with Crippen LogP contribution in [0.1, 0.15) is 26.3 Å². The number of para-hydroxylation sites is 1. The van der Waals surface area contributed by atoms with Crippen molar-refractivity contribution in [3.8, 4) is 0 Å². The molecule has 0 saturated heterocycles. The Kier molecular flexibility index (Phi) is 4.95. The second-order valence-corrected chi connectivity index (χ2v) is 6.70. The number of aliphatic imine (C=N–C) groups is 1. The number of imide groups is 1. The molecule has 7 nitrogen and oxygen atoms in total. The third kappa shape index (κ3) is 3.42. The van der Waals surface area contributed by atoms with Crippen molar-refractivity contribution in [2.45, 2.75) is 12.5 Å². The number of hydrogen-bond acceptors (Lipinski definition) is 5. The van der Waals surface area contributed by atoms with Gasteiger partial charge in [-0.2, -0.15) is 0 Å². The molecule has 3 aromatic rings. The van der Waals surface area contributed by atoms with Crippen LogP contribution in [-0.4, -0.2) is 53.6 Å². The lowest BCUT2D eigenvalue weighted by Crippen LogP contribution is -2.32. The van der Waals surface area contributed by atoms with Crippen molar-refractivity contribution >= 4 is 34.9 Å². The molecule has 1 N–H and O–H groups in total. The van der Waals surface area contributed by atoms with Gasteiger partial charge in [0.05, 0.1) is 24.8 Å². The van der Waals surface area contributed by atoms with Crippen LogP contribution in [0.2, 0.25) is 0 Å². The second kappa shape index (κ2) is 7.71. The van der Waals surface area contributed by atoms with Crippen LogP contribution in [0, 0.1) is 0 Å². The van der Waals surface area contributed by atoms with Gasteiger partial charge in [-0.15, -0.1) is 0 Å². The van der Waals surface area contributed by atoms with Crippen molar-refractivity contribution in [1.82, 2.24) is 9.88 Å². The predicted molar refractivity (Wildman–Crippen MR) is 108 cm³/mol. The average molecular weight is 389 g/mol. The van der Waals surface area contributed by atoms with E-state index in [4.69, 9.17) is 4.74 Å². The molecule has 0 saturated carbocycles. The number of amides is 2. The summed E-state index contributed by atoms with van der Waals surface area (Å²) in [6.07, 6.45) is 3.62. The summed E-state index contributed by atoms with van der Waals surface area (Å²) in [6, 6.07) is 13.7. The van der Waals surface area contributed by atoms with Gasteiger partial charge in [0.15, 0.2) is 6.04 Å². The third-order valence-corrected chi connectivity index (χ3v) is 4.99. The van der Waals surface area contributed by atoms with E-state index in [0.717, 1.165) is 21.4 Å². The Labute approximate surface area is 167 Å². The molecule has 146 valence electrons. The number of esters is 1. The first-order valence-corrected chi connectivity index (χ1v) is 9.20. The number of nitrogens with zero attached hydrogens (tertiary/aromatic N) is 2. The topological polar surface area (TPSA) is 91.8 Å². The van der Waals surface area contributed by atoms with E-state index < -0.39 is 12.0 Å². The molecule has 7 heteroatoms. The van der Waals surface area contributed by atoms with Crippen LogP contribution in [0.5, 0.6) is 0 Å². The zero-order valence-corrected chi connectivity index (χ0v) is 15.8. The molecule has 0 fully saturated rings. The maximum absolute atomic E-state index is 12.4. The highest BCUT2D eigenvalue weighted by atomic mass is 16.5. The summed E-state index contributed by atoms with van der Waals surface area (Å²) in [5, 5.41) is 1.01. The molecule has 2 amide bonds. The van der Waals surface area contributed by atoms with Crippen LogP contribution in [-0.2, 0) is 16.0 Å². The molecule has 0 radical (unpaired) electrons. The molecular weight excluding hydrogens is 370 g/mol. The SMILES string of the molecule is COC(=O)C(Cc1c[nH]c2ccccc12)N=CCN1C(=O)c2ccccc2C1=O. The monoisotopic (exact) mass is 389 g/mol. The highest BCUT2D eigenvalue weighted by molar-refractivity contribution is 6.22. The van der Waals surface area contributed by atoms with E-state index in [9.17, 15) is 14.4 Å². The molecule has 4 rings (SSSR count). The normalized spacial score (nSPS) is 14.6. The lowest BCUT2D eigenvalue weighted by Gasteiger charge is -2.12. The minimum absolute atomic E-state index is 0.00622. The molecule has 29 heavy (non-hydrogen) atoms. The number of aromatic nitrogens is 1. The Morgan fingerprint density at radius 2 is 1.76 bits per heavy atom. The summed E-state index contributed by atoms with van der Waals surface area (Å²) in [6.45, 7) is -0.00622. The van der Waals surface area contributed by atoms with Gasteiger partial charge in [0.25, 0.3) is 11.8 Å². The van der Waals surface area contributed by atoms with Crippen LogP contribution in [0.4, 0.5) is 0 Å². The Balaban J connectivity index is 1.50. The molecule has 1 unspecified atom stereocenters. The average Bonchev–Trinajstić information content (AvgIpc) is 3.27. The predicted octanol–water partition coefficient (Wildman–Crippen LogP) is 2.62. The highest BCUT2D eigenvalue weighted by Gasteiger charge is 2.34. The number of carbonyl (C=O) groups excluding carboxylic acids is 3. The number of methoxy groups -OCH3 is 1. The summed E-state index contributed by atoms with van der Waals surface area (Å²) in [4.78, 5) is 45.7. The van der Waals surface area contributed by atoms with Gasteiger partial charge in [-0.3, -0.25) is 19.5 Å². The molecule has 0 aliphatic carbocycles. The summed E-state index contributed by atoms with van der Waals surface area (Å²) < 4.78 is 4.88. The van der Waals surface area contributed by atoms with Gasteiger partial charge < -0.3 is 9.72 Å². The van der Waals surface area contributed by atoms with Crippen LogP contribution in [0.3, 0.4) is 0 Å². The zero-order valence-electron chi connectivity index (χ0n) is 15.8. The highest BCUT2D eigenvalue weighted by Crippen LogP contribution is 2.22. The molecule has 0 bridgehead atoms. The molecule has 1 atom stereocenters. The van der Waals surface area contributed by atoms with E-state index in [0.29, 0.717) is 17.5 Å². The van der Waals surface area contributed by atoms with Crippen LogP contribution in [0.25, 0.3) is 10.9 Å². The third-order valence-electron chi connectivity index (χ3n) is 4.99. The van der Waals surface area contributed by atoms with Crippen molar-refractivity contribution in [1.29, 1.82) is 0 Å². The van der Waals surface area contributed by atoms with Crippen molar-refractivity contribution in [3.63, 3.8) is 0 Å². The van der Waals surface area contributed by atoms with Gasteiger partial charge in [-0.05, 0) is 23.8 Å². The first-order valence-electron chi connectivity index (χ1n) is 9.20. The number of hydrogen-bond donors (Lipinski definition) is 1.